The molecule has 1 aromatic carbocycles. The molecule has 0 amide bonds. The Labute approximate surface area is 108 Å². The zero-order chi connectivity index (χ0) is 12.6. The third-order valence-corrected chi connectivity index (χ3v) is 3.72. The van der Waals surface area contributed by atoms with Gasteiger partial charge in [-0.3, -0.25) is 0 Å². The summed E-state index contributed by atoms with van der Waals surface area (Å²) in [6.45, 7) is 11.7. The van der Waals surface area contributed by atoms with Gasteiger partial charge in [-0.1, -0.05) is 62.7 Å². The Kier molecular flexibility index (Phi) is 3.86. The smallest absolute Gasteiger partial charge is 0.0215 e. The standard InChI is InChI=1S/C14H22BrN/c1-13(2,3)11-7-6-10(8-12(11)15)14(4,5)9-16/h6-8H,9,16H2,1-5H3. The van der Waals surface area contributed by atoms with Crippen LogP contribution in [-0.4, -0.2) is 6.54 Å². The SMILES string of the molecule is CC(C)(C)c1ccc(C(C)(C)CN)cc1Br. The largest absolute Gasteiger partial charge is 0.330 e. The molecule has 1 nitrogen and oxygen atoms in total. The first-order valence-corrected chi connectivity index (χ1v) is 6.48. The van der Waals surface area contributed by atoms with Gasteiger partial charge in [0.25, 0.3) is 0 Å². The van der Waals surface area contributed by atoms with Crippen molar-refractivity contribution in [3.05, 3.63) is 33.8 Å². The lowest BCUT2D eigenvalue weighted by Crippen LogP contribution is -2.28. The molecule has 0 radical (unpaired) electrons. The summed E-state index contributed by atoms with van der Waals surface area (Å²) >= 11 is 3.66. The molecule has 0 saturated heterocycles. The van der Waals surface area contributed by atoms with Crippen LogP contribution >= 0.6 is 15.9 Å². The summed E-state index contributed by atoms with van der Waals surface area (Å²) in [5.41, 5.74) is 8.63. The molecule has 0 aliphatic carbocycles. The second-order valence-corrected chi connectivity index (χ2v) is 6.89. The van der Waals surface area contributed by atoms with E-state index < -0.39 is 0 Å². The van der Waals surface area contributed by atoms with Crippen LogP contribution in [0.15, 0.2) is 22.7 Å². The minimum Gasteiger partial charge on any atom is -0.330 e. The second kappa shape index (κ2) is 4.50. The van der Waals surface area contributed by atoms with Crippen LogP contribution in [-0.2, 0) is 10.8 Å². The monoisotopic (exact) mass is 283 g/mol. The predicted molar refractivity (Wildman–Crippen MR) is 74.9 cm³/mol. The Bertz CT molecular complexity index is 375. The van der Waals surface area contributed by atoms with E-state index in [1.54, 1.807) is 0 Å². The first-order valence-electron chi connectivity index (χ1n) is 5.69. The molecule has 0 heterocycles. The fraction of sp³-hybridized carbons (Fsp3) is 0.571. The Morgan fingerprint density at radius 1 is 1.12 bits per heavy atom. The van der Waals surface area contributed by atoms with Crippen LogP contribution in [0.2, 0.25) is 0 Å². The molecular formula is C14H22BrN. The highest BCUT2D eigenvalue weighted by Gasteiger charge is 2.22. The van der Waals surface area contributed by atoms with Crippen LogP contribution in [0.25, 0.3) is 0 Å². The topological polar surface area (TPSA) is 26.0 Å². The molecule has 0 fully saturated rings. The highest BCUT2D eigenvalue weighted by molar-refractivity contribution is 9.10. The van der Waals surface area contributed by atoms with Gasteiger partial charge in [0.15, 0.2) is 0 Å². The first kappa shape index (κ1) is 13.7. The van der Waals surface area contributed by atoms with Gasteiger partial charge in [0.05, 0.1) is 0 Å². The molecule has 0 aromatic heterocycles. The Morgan fingerprint density at radius 2 is 1.69 bits per heavy atom. The van der Waals surface area contributed by atoms with Crippen LogP contribution in [0, 0.1) is 0 Å². The lowest BCUT2D eigenvalue weighted by molar-refractivity contribution is 0.535. The summed E-state index contributed by atoms with van der Waals surface area (Å²) in [5.74, 6) is 0. The molecule has 2 heteroatoms. The van der Waals surface area contributed by atoms with Gasteiger partial charge in [-0.15, -0.1) is 0 Å². The average Bonchev–Trinajstić information content (AvgIpc) is 2.15. The van der Waals surface area contributed by atoms with Gasteiger partial charge < -0.3 is 5.73 Å². The van der Waals surface area contributed by atoms with Gasteiger partial charge in [0.1, 0.15) is 0 Å². The van der Waals surface area contributed by atoms with Crippen molar-refractivity contribution in [1.82, 2.24) is 0 Å². The summed E-state index contributed by atoms with van der Waals surface area (Å²) in [7, 11) is 0. The van der Waals surface area contributed by atoms with E-state index in [2.05, 4.69) is 68.7 Å². The van der Waals surface area contributed by atoms with Crippen LogP contribution in [0.3, 0.4) is 0 Å². The van der Waals surface area contributed by atoms with E-state index in [-0.39, 0.29) is 10.8 Å². The maximum absolute atomic E-state index is 5.80. The quantitative estimate of drug-likeness (QED) is 0.873. The summed E-state index contributed by atoms with van der Waals surface area (Å²) in [6.07, 6.45) is 0. The maximum atomic E-state index is 5.80. The Hall–Kier alpha value is -0.340. The first-order chi connectivity index (χ1) is 7.18. The average molecular weight is 284 g/mol. The fourth-order valence-electron chi connectivity index (χ4n) is 1.66. The minimum atomic E-state index is 0.0406. The van der Waals surface area contributed by atoms with E-state index in [1.165, 1.54) is 15.6 Å². The number of benzene rings is 1. The molecule has 0 spiro atoms. The van der Waals surface area contributed by atoms with E-state index in [0.29, 0.717) is 6.54 Å². The molecule has 0 unspecified atom stereocenters. The van der Waals surface area contributed by atoms with E-state index in [4.69, 9.17) is 5.73 Å². The molecule has 0 atom stereocenters. The number of nitrogens with two attached hydrogens (primary N) is 1. The minimum absolute atomic E-state index is 0.0406. The van der Waals surface area contributed by atoms with Crippen LogP contribution < -0.4 is 5.73 Å². The molecule has 90 valence electrons. The Balaban J connectivity index is 3.20. The second-order valence-electron chi connectivity index (χ2n) is 6.03. The summed E-state index contributed by atoms with van der Waals surface area (Å²) in [5, 5.41) is 0. The van der Waals surface area contributed by atoms with Gasteiger partial charge in [-0.25, -0.2) is 0 Å². The highest BCUT2D eigenvalue weighted by Crippen LogP contribution is 2.33. The van der Waals surface area contributed by atoms with Crippen molar-refractivity contribution < 1.29 is 0 Å². The molecule has 2 N–H and O–H groups in total. The van der Waals surface area contributed by atoms with Crippen molar-refractivity contribution in [2.24, 2.45) is 5.73 Å². The molecule has 0 saturated carbocycles. The van der Waals surface area contributed by atoms with Crippen molar-refractivity contribution >= 4 is 15.9 Å². The van der Waals surface area contributed by atoms with Crippen molar-refractivity contribution in [3.63, 3.8) is 0 Å². The van der Waals surface area contributed by atoms with Gasteiger partial charge in [-0.05, 0) is 22.6 Å². The van der Waals surface area contributed by atoms with Crippen LogP contribution in [0.4, 0.5) is 0 Å². The summed E-state index contributed by atoms with van der Waals surface area (Å²) < 4.78 is 1.18. The number of hydrogen-bond donors (Lipinski definition) is 1. The maximum Gasteiger partial charge on any atom is 0.0215 e. The normalized spacial score (nSPS) is 12.9. The highest BCUT2D eigenvalue weighted by atomic mass is 79.9. The van der Waals surface area contributed by atoms with E-state index >= 15 is 0 Å². The molecule has 0 aliphatic rings. The van der Waals surface area contributed by atoms with Crippen molar-refractivity contribution in [1.29, 1.82) is 0 Å². The predicted octanol–water partition coefficient (Wildman–Crippen LogP) is 3.98. The number of hydrogen-bond acceptors (Lipinski definition) is 1. The fourth-order valence-corrected chi connectivity index (χ4v) is 2.64. The molecule has 0 bridgehead atoms. The van der Waals surface area contributed by atoms with E-state index in [1.807, 2.05) is 0 Å². The van der Waals surface area contributed by atoms with Gasteiger partial charge in [0.2, 0.25) is 0 Å². The van der Waals surface area contributed by atoms with Gasteiger partial charge in [-0.2, -0.15) is 0 Å². The molecule has 1 aromatic rings. The molecule has 0 aliphatic heterocycles. The number of halogens is 1. The lowest BCUT2D eigenvalue weighted by atomic mass is 9.81. The van der Waals surface area contributed by atoms with Crippen molar-refractivity contribution in [2.75, 3.05) is 6.54 Å². The molecular weight excluding hydrogens is 262 g/mol. The van der Waals surface area contributed by atoms with Crippen molar-refractivity contribution in [2.45, 2.75) is 45.4 Å². The molecule has 1 rings (SSSR count). The third kappa shape index (κ3) is 2.86. The Morgan fingerprint density at radius 3 is 2.06 bits per heavy atom. The van der Waals surface area contributed by atoms with Gasteiger partial charge >= 0.3 is 0 Å². The van der Waals surface area contributed by atoms with Crippen molar-refractivity contribution in [3.8, 4) is 0 Å². The summed E-state index contributed by atoms with van der Waals surface area (Å²) in [6, 6.07) is 6.60. The third-order valence-electron chi connectivity index (χ3n) is 3.07. The zero-order valence-corrected chi connectivity index (χ0v) is 12.5. The lowest BCUT2D eigenvalue weighted by Gasteiger charge is -2.26. The molecule has 16 heavy (non-hydrogen) atoms. The summed E-state index contributed by atoms with van der Waals surface area (Å²) in [4.78, 5) is 0. The van der Waals surface area contributed by atoms with Crippen LogP contribution in [0.5, 0.6) is 0 Å². The number of rotatable bonds is 2. The van der Waals surface area contributed by atoms with Crippen LogP contribution in [0.1, 0.15) is 45.7 Å². The van der Waals surface area contributed by atoms with Gasteiger partial charge in [0, 0.05) is 16.4 Å². The zero-order valence-electron chi connectivity index (χ0n) is 10.9. The van der Waals surface area contributed by atoms with E-state index in [9.17, 15) is 0 Å². The van der Waals surface area contributed by atoms with E-state index in [0.717, 1.165) is 0 Å².